The van der Waals surface area contributed by atoms with Crippen molar-refractivity contribution >= 4 is 28.7 Å². The topological polar surface area (TPSA) is 79.5 Å². The number of nitrogens with one attached hydrogen (secondary N) is 2. The van der Waals surface area contributed by atoms with Crippen LogP contribution in [0.15, 0.2) is 97.8 Å². The van der Waals surface area contributed by atoms with Crippen LogP contribution in [-0.4, -0.2) is 44.1 Å². The Morgan fingerprint density at radius 2 is 1.86 bits per heavy atom. The molecule has 0 bridgehead atoms. The molecular weight excluding hydrogens is 450 g/mol. The average Bonchev–Trinajstić information content (AvgIpc) is 2.86. The van der Waals surface area contributed by atoms with Crippen LogP contribution in [-0.2, 0) is 11.3 Å². The van der Waals surface area contributed by atoms with Crippen LogP contribution >= 0.6 is 0 Å². The van der Waals surface area contributed by atoms with Crippen molar-refractivity contribution in [3.63, 3.8) is 0 Å². The average molecular weight is 478 g/mol. The van der Waals surface area contributed by atoms with Gasteiger partial charge in [-0.1, -0.05) is 30.8 Å². The minimum Gasteiger partial charge on any atom is -0.324 e. The molecule has 0 unspecified atom stereocenters. The van der Waals surface area contributed by atoms with Crippen molar-refractivity contribution in [2.45, 2.75) is 6.54 Å². The fraction of sp³-hybridized carbons (Fsp3) is 0.107. The van der Waals surface area contributed by atoms with E-state index in [9.17, 15) is 4.79 Å². The molecule has 8 nitrogen and oxygen atoms in total. The minimum absolute atomic E-state index is 0.255. The number of hydrogen-bond donors (Lipinski definition) is 2. The summed E-state index contributed by atoms with van der Waals surface area (Å²) >= 11 is 0. The monoisotopic (exact) mass is 477 g/mol. The molecule has 2 aromatic carbocycles. The lowest BCUT2D eigenvalue weighted by Crippen LogP contribution is -2.19. The molecule has 0 aliphatic heterocycles. The van der Waals surface area contributed by atoms with Gasteiger partial charge in [-0.05, 0) is 74.3 Å². The predicted octanol–water partition coefficient (Wildman–Crippen LogP) is 5.12. The van der Waals surface area contributed by atoms with Crippen LogP contribution in [0, 0.1) is 0 Å². The van der Waals surface area contributed by atoms with Crippen LogP contribution in [0.5, 0.6) is 0 Å². The summed E-state index contributed by atoms with van der Waals surface area (Å²) in [7, 11) is 4.10. The Kier molecular flexibility index (Phi) is 6.34. The van der Waals surface area contributed by atoms with Crippen LogP contribution < -0.4 is 10.6 Å². The van der Waals surface area contributed by atoms with Gasteiger partial charge in [0.2, 0.25) is 11.9 Å². The number of nitrogens with zero attached hydrogens (tertiary/aromatic N) is 5. The Hall–Kier alpha value is -4.69. The first-order valence-electron chi connectivity index (χ1n) is 11.6. The lowest BCUT2D eigenvalue weighted by molar-refractivity contribution is -0.111. The molecule has 0 aliphatic carbocycles. The van der Waals surface area contributed by atoms with Crippen molar-refractivity contribution in [1.82, 2.24) is 24.1 Å². The summed E-state index contributed by atoms with van der Waals surface area (Å²) in [5.41, 5.74) is 6.48. The van der Waals surface area contributed by atoms with Gasteiger partial charge in [0.15, 0.2) is 0 Å². The van der Waals surface area contributed by atoms with E-state index in [1.807, 2.05) is 71.4 Å². The van der Waals surface area contributed by atoms with E-state index in [1.165, 1.54) is 11.6 Å². The van der Waals surface area contributed by atoms with E-state index < -0.39 is 0 Å². The van der Waals surface area contributed by atoms with Crippen LogP contribution in [0.1, 0.15) is 5.56 Å². The molecule has 0 aliphatic rings. The van der Waals surface area contributed by atoms with E-state index in [1.54, 1.807) is 6.20 Å². The number of anilines is 3. The number of fused-ring (bicyclic) bond motifs is 1. The summed E-state index contributed by atoms with van der Waals surface area (Å²) in [5.74, 6) is 0.260. The summed E-state index contributed by atoms with van der Waals surface area (Å²) in [6, 6.07) is 23.8. The van der Waals surface area contributed by atoms with Crippen LogP contribution in [0.4, 0.5) is 17.3 Å². The highest BCUT2D eigenvalue weighted by Crippen LogP contribution is 2.32. The second-order valence-corrected chi connectivity index (χ2v) is 8.66. The molecule has 0 atom stereocenters. The zero-order valence-corrected chi connectivity index (χ0v) is 20.2. The van der Waals surface area contributed by atoms with Gasteiger partial charge < -0.3 is 15.5 Å². The first kappa shape index (κ1) is 23.1. The van der Waals surface area contributed by atoms with Gasteiger partial charge >= 0.3 is 0 Å². The number of carbonyl (C=O) groups excluding carboxylic acids is 1. The van der Waals surface area contributed by atoms with E-state index in [-0.39, 0.29) is 5.91 Å². The number of pyridine rings is 1. The molecule has 1 amide bonds. The largest absolute Gasteiger partial charge is 0.324 e. The van der Waals surface area contributed by atoms with Crippen molar-refractivity contribution < 1.29 is 4.79 Å². The van der Waals surface area contributed by atoms with Gasteiger partial charge in [-0.25, -0.2) is 14.6 Å². The maximum absolute atomic E-state index is 11.8. The second kappa shape index (κ2) is 9.89. The van der Waals surface area contributed by atoms with Crippen molar-refractivity contribution in [2.24, 2.45) is 0 Å². The number of hydrogen-bond acceptors (Lipinski definition) is 5. The van der Waals surface area contributed by atoms with Crippen LogP contribution in [0.2, 0.25) is 0 Å². The lowest BCUT2D eigenvalue weighted by Gasteiger charge is -2.25. The molecule has 0 saturated carbocycles. The van der Waals surface area contributed by atoms with E-state index in [0.29, 0.717) is 11.6 Å². The molecule has 180 valence electrons. The highest BCUT2D eigenvalue weighted by atomic mass is 16.1. The quantitative estimate of drug-likeness (QED) is 0.304. The summed E-state index contributed by atoms with van der Waals surface area (Å²) in [4.78, 5) is 23.2. The van der Waals surface area contributed by atoms with Gasteiger partial charge in [-0.15, -0.1) is 0 Å². The molecule has 2 N–H and O–H groups in total. The zero-order chi connectivity index (χ0) is 25.1. The molecule has 5 rings (SSSR count). The summed E-state index contributed by atoms with van der Waals surface area (Å²) in [6.07, 6.45) is 5.00. The van der Waals surface area contributed by atoms with Gasteiger partial charge in [0.1, 0.15) is 5.69 Å². The summed E-state index contributed by atoms with van der Waals surface area (Å²) in [5, 5.41) is 6.14. The number of amides is 1. The number of benzene rings is 2. The highest BCUT2D eigenvalue weighted by Gasteiger charge is 2.20. The molecule has 0 saturated heterocycles. The maximum Gasteiger partial charge on any atom is 0.247 e. The Morgan fingerprint density at radius 1 is 1.03 bits per heavy atom. The maximum atomic E-state index is 11.8. The van der Waals surface area contributed by atoms with E-state index in [2.05, 4.69) is 58.0 Å². The molecule has 5 aromatic rings. The fourth-order valence-corrected chi connectivity index (χ4v) is 4.11. The third kappa shape index (κ3) is 4.75. The van der Waals surface area contributed by atoms with E-state index in [4.69, 9.17) is 4.98 Å². The normalized spacial score (nSPS) is 11.1. The van der Waals surface area contributed by atoms with Gasteiger partial charge in [-0.2, -0.15) is 0 Å². The lowest BCUT2D eigenvalue weighted by atomic mass is 10.2. The van der Waals surface area contributed by atoms with Gasteiger partial charge in [0, 0.05) is 30.3 Å². The minimum atomic E-state index is -0.255. The standard InChI is InChI=1S/C28H27N7O/c1-4-26(36)30-22-8-7-9-23(18-22)35-27(25-10-5-6-17-34(25)35)24-15-16-29-28(32-24)31-21-13-11-20(12-14-21)19-33(2)3/h4-18H,1,19H2,2-3H3,(H,30,36)(H,29,31,32). The first-order chi connectivity index (χ1) is 17.5. The van der Waals surface area contributed by atoms with Crippen LogP contribution in [0.25, 0.3) is 22.6 Å². The third-order valence-electron chi connectivity index (χ3n) is 5.66. The van der Waals surface area contributed by atoms with E-state index >= 15 is 0 Å². The van der Waals surface area contributed by atoms with Crippen molar-refractivity contribution in [1.29, 1.82) is 0 Å². The van der Waals surface area contributed by atoms with Crippen LogP contribution in [0.3, 0.4) is 0 Å². The van der Waals surface area contributed by atoms with Crippen molar-refractivity contribution in [3.8, 4) is 17.1 Å². The van der Waals surface area contributed by atoms with Gasteiger partial charge in [0.25, 0.3) is 0 Å². The molecule has 8 heteroatoms. The number of aromatic nitrogens is 4. The molecule has 0 fully saturated rings. The second-order valence-electron chi connectivity index (χ2n) is 8.66. The Bertz CT molecular complexity index is 1530. The molecule has 3 heterocycles. The highest BCUT2D eigenvalue weighted by molar-refractivity contribution is 5.99. The Morgan fingerprint density at radius 3 is 2.64 bits per heavy atom. The Balaban J connectivity index is 1.48. The smallest absolute Gasteiger partial charge is 0.247 e. The molecule has 0 radical (unpaired) electrons. The van der Waals surface area contributed by atoms with Crippen molar-refractivity contribution in [3.05, 3.63) is 103 Å². The Labute approximate surface area is 209 Å². The fourth-order valence-electron chi connectivity index (χ4n) is 4.11. The third-order valence-corrected chi connectivity index (χ3v) is 5.66. The molecular formula is C28H27N7O. The summed E-state index contributed by atoms with van der Waals surface area (Å²) in [6.45, 7) is 4.41. The van der Waals surface area contributed by atoms with E-state index in [0.717, 1.165) is 34.8 Å². The number of carbonyl (C=O) groups is 1. The molecule has 0 spiro atoms. The van der Waals surface area contributed by atoms with Gasteiger partial charge in [0.05, 0.1) is 16.9 Å². The molecule has 3 aromatic heterocycles. The number of rotatable bonds is 8. The zero-order valence-electron chi connectivity index (χ0n) is 20.2. The SMILES string of the molecule is C=CC(=O)Nc1cccc(-n2c(-c3ccnc(Nc4ccc(CN(C)C)cc4)n3)c3ccccn32)c1. The molecule has 36 heavy (non-hydrogen) atoms. The van der Waals surface area contributed by atoms with Gasteiger partial charge in [-0.3, -0.25) is 9.31 Å². The predicted molar refractivity (Wildman–Crippen MR) is 144 cm³/mol. The summed E-state index contributed by atoms with van der Waals surface area (Å²) < 4.78 is 4.10. The first-order valence-corrected chi connectivity index (χ1v) is 11.6. The van der Waals surface area contributed by atoms with Crippen molar-refractivity contribution in [2.75, 3.05) is 24.7 Å².